The van der Waals surface area contributed by atoms with Crippen LogP contribution in [-0.2, 0) is 31.1 Å². The van der Waals surface area contributed by atoms with E-state index in [4.69, 9.17) is 9.47 Å². The zero-order chi connectivity index (χ0) is 35.4. The molecule has 3 fully saturated rings. The first-order chi connectivity index (χ1) is 23.9. The third-order valence-corrected chi connectivity index (χ3v) is 12.3. The first-order valence-electron chi connectivity index (χ1n) is 17.4. The van der Waals surface area contributed by atoms with Crippen LogP contribution in [0.1, 0.15) is 72.3 Å². The fraction of sp³-hybridized carbons (Fsp3) is 0.486. The maximum atomic E-state index is 14.6. The number of ether oxygens (including phenoxy) is 2. The normalized spacial score (nSPS) is 18.9. The van der Waals surface area contributed by atoms with Gasteiger partial charge in [0.25, 0.3) is 11.8 Å². The first-order valence-corrected chi connectivity index (χ1v) is 18.8. The molecule has 7 rings (SSSR count). The second-order valence-corrected chi connectivity index (χ2v) is 15.9. The van der Waals surface area contributed by atoms with E-state index in [0.29, 0.717) is 50.5 Å². The lowest BCUT2D eigenvalue weighted by Crippen LogP contribution is -2.54. The topological polar surface area (TPSA) is 130 Å². The van der Waals surface area contributed by atoms with Crippen LogP contribution in [0, 0.1) is 0 Å². The van der Waals surface area contributed by atoms with Crippen LogP contribution < -0.4 is 9.46 Å². The standard InChI is InChI=1S/C37H45N5O7S/c1-39(2)50(46,47)38-34(43)25-10-12-30-31(22-25)42-23-27(35(44)40(3)37(14-15-37)36(45)41-16-18-49-19-17-41)20-26-21-28(48-4)11-13-29(26)33(42)32(30)24-8-6-5-7-9-24/h10-13,20-22,24H,5-9,14-19,23H2,1-4H3,(H,38,43). The van der Waals surface area contributed by atoms with E-state index in [1.165, 1.54) is 26.1 Å². The highest BCUT2D eigenvalue weighted by molar-refractivity contribution is 7.87. The van der Waals surface area contributed by atoms with Crippen molar-refractivity contribution in [1.29, 1.82) is 0 Å². The number of benzene rings is 2. The van der Waals surface area contributed by atoms with Crippen LogP contribution in [0.15, 0.2) is 42.0 Å². The van der Waals surface area contributed by atoms with Gasteiger partial charge < -0.3 is 23.8 Å². The van der Waals surface area contributed by atoms with Crippen LogP contribution >= 0.6 is 0 Å². The second-order valence-electron chi connectivity index (χ2n) is 14.1. The van der Waals surface area contributed by atoms with Gasteiger partial charge in [-0.1, -0.05) is 25.3 Å². The molecule has 0 atom stereocenters. The van der Waals surface area contributed by atoms with Gasteiger partial charge in [0.05, 0.1) is 32.6 Å². The Kier molecular flexibility index (Phi) is 9.02. The molecule has 50 heavy (non-hydrogen) atoms. The van der Waals surface area contributed by atoms with Crippen LogP contribution in [0.4, 0.5) is 0 Å². The molecule has 13 heteroatoms. The number of aromatic nitrogens is 1. The summed E-state index contributed by atoms with van der Waals surface area (Å²) in [5.74, 6) is -0.0862. The van der Waals surface area contributed by atoms with E-state index >= 15 is 0 Å². The number of hydrogen-bond acceptors (Lipinski definition) is 7. The lowest BCUT2D eigenvalue weighted by atomic mass is 9.81. The van der Waals surface area contributed by atoms with E-state index in [1.54, 1.807) is 36.1 Å². The largest absolute Gasteiger partial charge is 0.497 e. The van der Waals surface area contributed by atoms with Crippen LogP contribution in [0.25, 0.3) is 28.2 Å². The van der Waals surface area contributed by atoms with Crippen molar-refractivity contribution in [3.8, 4) is 17.0 Å². The molecule has 2 aliphatic heterocycles. The number of nitrogens with zero attached hydrogens (tertiary/aromatic N) is 4. The molecule has 4 aliphatic rings. The van der Waals surface area contributed by atoms with E-state index in [1.807, 2.05) is 30.3 Å². The highest BCUT2D eigenvalue weighted by Crippen LogP contribution is 2.48. The quantitative estimate of drug-likeness (QED) is 0.373. The summed E-state index contributed by atoms with van der Waals surface area (Å²) < 4.78 is 41.4. The Hall–Kier alpha value is -4.20. The SMILES string of the molecule is COc1ccc2c(c1)C=C(C(=O)N(C)C1(C(=O)N3CCOCC3)CC1)Cn1c-2c(C2CCCCC2)c2ccc(C(=O)NS(=O)(=O)N(C)C)cc21. The third-order valence-electron chi connectivity index (χ3n) is 10.9. The zero-order valence-corrected chi connectivity index (χ0v) is 30.0. The Morgan fingerprint density at radius 2 is 1.70 bits per heavy atom. The average molecular weight is 704 g/mol. The van der Waals surface area contributed by atoms with Crippen LogP contribution in [0.3, 0.4) is 0 Å². The number of rotatable bonds is 8. The fourth-order valence-corrected chi connectivity index (χ4v) is 8.40. The number of morpholine rings is 1. The fourth-order valence-electron chi connectivity index (χ4n) is 7.86. The van der Waals surface area contributed by atoms with Gasteiger partial charge in [-0.15, -0.1) is 0 Å². The minimum Gasteiger partial charge on any atom is -0.497 e. The molecule has 12 nitrogen and oxygen atoms in total. The molecule has 3 amide bonds. The molecule has 2 aromatic carbocycles. The minimum absolute atomic E-state index is 0.0389. The van der Waals surface area contributed by atoms with Gasteiger partial charge in [0.1, 0.15) is 11.3 Å². The van der Waals surface area contributed by atoms with E-state index < -0.39 is 21.7 Å². The maximum absolute atomic E-state index is 14.6. The molecular weight excluding hydrogens is 659 g/mol. The Morgan fingerprint density at radius 1 is 0.980 bits per heavy atom. The van der Waals surface area contributed by atoms with Crippen molar-refractivity contribution >= 4 is 44.9 Å². The van der Waals surface area contributed by atoms with E-state index in [-0.39, 0.29) is 29.8 Å². The van der Waals surface area contributed by atoms with Crippen molar-refractivity contribution in [3.05, 3.63) is 58.7 Å². The van der Waals surface area contributed by atoms with Gasteiger partial charge in [0, 0.05) is 61.8 Å². The van der Waals surface area contributed by atoms with Crippen molar-refractivity contribution in [2.75, 3.05) is 54.6 Å². The van der Waals surface area contributed by atoms with Gasteiger partial charge in [-0.05, 0) is 79.1 Å². The van der Waals surface area contributed by atoms with E-state index in [9.17, 15) is 22.8 Å². The predicted octanol–water partition coefficient (Wildman–Crippen LogP) is 4.15. The summed E-state index contributed by atoms with van der Waals surface area (Å²) in [5.41, 5.74) is 4.48. The van der Waals surface area contributed by atoms with E-state index in [2.05, 4.69) is 9.29 Å². The number of likely N-dealkylation sites (N-methyl/N-ethyl adjacent to an activating group) is 1. The predicted molar refractivity (Wildman–Crippen MR) is 190 cm³/mol. The molecule has 0 bridgehead atoms. The summed E-state index contributed by atoms with van der Waals surface area (Å²) >= 11 is 0. The molecule has 0 unspecified atom stereocenters. The Labute approximate surface area is 293 Å². The van der Waals surface area contributed by atoms with Gasteiger partial charge in [-0.3, -0.25) is 14.4 Å². The second kappa shape index (κ2) is 13.2. The Balaban J connectivity index is 1.37. The molecule has 0 spiro atoms. The van der Waals surface area contributed by atoms with E-state index in [0.717, 1.165) is 57.7 Å². The molecule has 266 valence electrons. The third kappa shape index (κ3) is 5.98. The average Bonchev–Trinajstić information content (AvgIpc) is 3.90. The van der Waals surface area contributed by atoms with Crippen molar-refractivity contribution < 1.29 is 32.3 Å². The summed E-state index contributed by atoms with van der Waals surface area (Å²) in [6.07, 6.45) is 8.56. The Bertz CT molecular complexity index is 2000. The highest BCUT2D eigenvalue weighted by Gasteiger charge is 2.57. The molecule has 1 saturated heterocycles. The summed E-state index contributed by atoms with van der Waals surface area (Å²) in [5, 5.41) is 0.976. The van der Waals surface area contributed by atoms with Crippen molar-refractivity contribution in [2.24, 2.45) is 0 Å². The van der Waals surface area contributed by atoms with Crippen LogP contribution in [0.5, 0.6) is 5.75 Å². The molecule has 3 heterocycles. The smallest absolute Gasteiger partial charge is 0.303 e. The molecule has 1 aromatic heterocycles. The van der Waals surface area contributed by atoms with Crippen LogP contribution in [0.2, 0.25) is 0 Å². The van der Waals surface area contributed by atoms with Gasteiger partial charge in [-0.2, -0.15) is 12.7 Å². The van der Waals surface area contributed by atoms with Crippen LogP contribution in [-0.4, -0.2) is 105 Å². The molecule has 2 aliphatic carbocycles. The number of hydrogen-bond donors (Lipinski definition) is 1. The van der Waals surface area contributed by atoms with Crippen molar-refractivity contribution in [2.45, 2.75) is 62.9 Å². The van der Waals surface area contributed by atoms with Gasteiger partial charge in [-0.25, -0.2) is 4.72 Å². The van der Waals surface area contributed by atoms with Gasteiger partial charge in [0.15, 0.2) is 0 Å². The number of carbonyl (C=O) groups excluding carboxylic acids is 3. The summed E-state index contributed by atoms with van der Waals surface area (Å²) in [7, 11) is 2.04. The van der Waals surface area contributed by atoms with Crippen molar-refractivity contribution in [3.63, 3.8) is 0 Å². The lowest BCUT2D eigenvalue weighted by Gasteiger charge is -2.35. The van der Waals surface area contributed by atoms with Gasteiger partial charge in [0.2, 0.25) is 5.91 Å². The monoisotopic (exact) mass is 703 g/mol. The minimum atomic E-state index is -4.02. The number of nitrogens with one attached hydrogen (secondary N) is 1. The summed E-state index contributed by atoms with van der Waals surface area (Å²) in [6, 6.07) is 11.2. The highest BCUT2D eigenvalue weighted by atomic mass is 32.2. The van der Waals surface area contributed by atoms with Gasteiger partial charge >= 0.3 is 10.2 Å². The Morgan fingerprint density at radius 3 is 2.36 bits per heavy atom. The molecule has 3 aromatic rings. The molecular formula is C37H45N5O7S. The zero-order valence-electron chi connectivity index (χ0n) is 29.2. The number of carbonyl (C=O) groups is 3. The molecule has 1 N–H and O–H groups in total. The summed E-state index contributed by atoms with van der Waals surface area (Å²) in [4.78, 5) is 45.2. The number of methoxy groups -OCH3 is 1. The number of amides is 3. The molecule has 2 saturated carbocycles. The van der Waals surface area contributed by atoms with Crippen molar-refractivity contribution in [1.82, 2.24) is 23.4 Å². The molecule has 0 radical (unpaired) electrons. The first kappa shape index (κ1) is 34.3. The maximum Gasteiger partial charge on any atom is 0.303 e. The summed E-state index contributed by atoms with van der Waals surface area (Å²) in [6.45, 7) is 2.18. The number of fused-ring (bicyclic) bond motifs is 5. The lowest BCUT2D eigenvalue weighted by molar-refractivity contribution is -0.147.